The Balaban J connectivity index is 2.50. The van der Waals surface area contributed by atoms with Gasteiger partial charge in [0.15, 0.2) is 21.5 Å². The van der Waals surface area contributed by atoms with Crippen molar-refractivity contribution in [1.82, 2.24) is 4.98 Å². The predicted octanol–water partition coefficient (Wildman–Crippen LogP) is 4.37. The first-order valence-corrected chi connectivity index (χ1v) is 11.9. The van der Waals surface area contributed by atoms with Gasteiger partial charge in [-0.2, -0.15) is 0 Å². The summed E-state index contributed by atoms with van der Waals surface area (Å²) in [5.41, 5.74) is -0.0852. The summed E-state index contributed by atoms with van der Waals surface area (Å²) in [5.74, 6) is -3.34. The van der Waals surface area contributed by atoms with Gasteiger partial charge >= 0.3 is 0 Å². The van der Waals surface area contributed by atoms with Crippen molar-refractivity contribution in [2.24, 2.45) is 9.50 Å². The lowest BCUT2D eigenvalue weighted by molar-refractivity contribution is -0.117. The summed E-state index contributed by atoms with van der Waals surface area (Å²) < 4.78 is 44.9. The van der Waals surface area contributed by atoms with E-state index in [9.17, 15) is 22.9 Å². The van der Waals surface area contributed by atoms with Crippen molar-refractivity contribution in [2.45, 2.75) is 69.7 Å². The van der Waals surface area contributed by atoms with E-state index in [1.54, 1.807) is 13.8 Å². The molecule has 2 aromatic rings. The number of nitrogens with two attached hydrogens (primary N) is 1. The minimum absolute atomic E-state index is 0.0913. The Morgan fingerprint density at radius 1 is 1.30 bits per heavy atom. The lowest BCUT2D eigenvalue weighted by Gasteiger charge is -2.20. The van der Waals surface area contributed by atoms with Crippen molar-refractivity contribution < 1.29 is 22.9 Å². The molecule has 0 saturated heterocycles. The van der Waals surface area contributed by atoms with Crippen molar-refractivity contribution in [2.75, 3.05) is 0 Å². The molecule has 1 aromatic heterocycles. The molecule has 0 aliphatic heterocycles. The fourth-order valence-corrected chi connectivity index (χ4v) is 5.25. The first kappa shape index (κ1) is 24.5. The van der Waals surface area contributed by atoms with Crippen LogP contribution in [-0.2, 0) is 26.7 Å². The van der Waals surface area contributed by atoms with Gasteiger partial charge in [-0.1, -0.05) is 27.7 Å². The van der Waals surface area contributed by atoms with Crippen LogP contribution in [0.1, 0.15) is 75.8 Å². The van der Waals surface area contributed by atoms with Crippen molar-refractivity contribution in [3.8, 4) is 0 Å². The molecule has 10 heteroatoms. The highest BCUT2D eigenvalue weighted by atomic mass is 32.2. The second-order valence-corrected chi connectivity index (χ2v) is 11.1. The summed E-state index contributed by atoms with van der Waals surface area (Å²) >= 11 is 0.925. The topological polar surface area (TPSA) is 106 Å². The number of aliphatic hydroxyl groups is 1. The largest absolute Gasteiger partial charge is 0.384 e. The fraction of sp³-hybridized carbons (Fsp3) is 0.500. The van der Waals surface area contributed by atoms with Gasteiger partial charge in [-0.25, -0.2) is 23.1 Å². The first-order valence-electron chi connectivity index (χ1n) is 9.42. The van der Waals surface area contributed by atoms with Crippen molar-refractivity contribution in [1.29, 1.82) is 0 Å². The van der Waals surface area contributed by atoms with Crippen LogP contribution in [0.15, 0.2) is 20.1 Å². The van der Waals surface area contributed by atoms with Crippen LogP contribution < -0.4 is 5.14 Å². The van der Waals surface area contributed by atoms with Gasteiger partial charge in [0.05, 0.1) is 12.1 Å². The van der Waals surface area contributed by atoms with E-state index >= 15 is 0 Å². The highest BCUT2D eigenvalue weighted by molar-refractivity contribution is 7.93. The van der Waals surface area contributed by atoms with Crippen LogP contribution >= 0.6 is 11.3 Å². The summed E-state index contributed by atoms with van der Waals surface area (Å²) in [7, 11) is -3.65. The molecule has 1 amide bonds. The molecule has 1 aromatic carbocycles. The van der Waals surface area contributed by atoms with E-state index in [1.807, 2.05) is 13.8 Å². The number of nitrogens with zero attached hydrogens (tertiary/aromatic N) is 2. The first-order chi connectivity index (χ1) is 13.6. The average Bonchev–Trinajstić information content (AvgIpc) is 3.08. The summed E-state index contributed by atoms with van der Waals surface area (Å²) in [4.78, 5) is 16.7. The summed E-state index contributed by atoms with van der Waals surface area (Å²) in [6.07, 6.45) is -0.365. The number of hydrogen-bond acceptors (Lipinski definition) is 5. The number of aromatic nitrogens is 1. The van der Waals surface area contributed by atoms with E-state index in [2.05, 4.69) is 9.35 Å². The standard InChI is InChI=1S/C20H27F2N3O3S2/c1-10(2)12-7-14(21)18(22)17(11(3)4)13(12)8-16(26)25-30(23,28)19-24-15(9-29-19)20(5,6)27/h7,9-11,27H,8H2,1-6H3,(H2,23,25,26,28)/t30-/m1/s1. The molecular weight excluding hydrogens is 432 g/mol. The van der Waals surface area contributed by atoms with E-state index in [0.717, 1.165) is 17.4 Å². The third kappa shape index (κ3) is 5.29. The number of carbonyl (C=O) groups excluding carboxylic acids is 1. The number of hydrogen-bond donors (Lipinski definition) is 2. The smallest absolute Gasteiger partial charge is 0.259 e. The zero-order valence-electron chi connectivity index (χ0n) is 17.8. The molecule has 3 N–H and O–H groups in total. The van der Waals surface area contributed by atoms with Crippen LogP contribution in [0.2, 0.25) is 0 Å². The molecule has 0 unspecified atom stereocenters. The normalized spacial score (nSPS) is 14.3. The molecule has 0 bridgehead atoms. The molecule has 0 fully saturated rings. The number of carbonyl (C=O) groups is 1. The highest BCUT2D eigenvalue weighted by Gasteiger charge is 2.26. The zero-order chi connectivity index (χ0) is 23.0. The Morgan fingerprint density at radius 3 is 2.37 bits per heavy atom. The third-order valence-corrected chi connectivity index (χ3v) is 7.23. The molecule has 2 rings (SSSR count). The number of thiazole rings is 1. The van der Waals surface area contributed by atoms with Crippen LogP contribution in [0.3, 0.4) is 0 Å². The molecule has 0 radical (unpaired) electrons. The Morgan fingerprint density at radius 2 is 1.90 bits per heavy atom. The number of rotatable bonds is 6. The van der Waals surface area contributed by atoms with Crippen molar-refractivity contribution >= 4 is 27.2 Å². The molecular formula is C20H27F2N3O3S2. The molecule has 0 spiro atoms. The monoisotopic (exact) mass is 459 g/mol. The van der Waals surface area contributed by atoms with E-state index in [1.165, 1.54) is 19.2 Å². The maximum Gasteiger partial charge on any atom is 0.259 e. The van der Waals surface area contributed by atoms with Crippen LogP contribution in [-0.4, -0.2) is 20.2 Å². The van der Waals surface area contributed by atoms with Crippen molar-refractivity contribution in [3.05, 3.63) is 45.5 Å². The summed E-state index contributed by atoms with van der Waals surface area (Å²) in [5, 5.41) is 17.3. The molecule has 30 heavy (non-hydrogen) atoms. The maximum absolute atomic E-state index is 14.5. The van der Waals surface area contributed by atoms with E-state index in [4.69, 9.17) is 5.14 Å². The van der Waals surface area contributed by atoms with Crippen molar-refractivity contribution in [3.63, 3.8) is 0 Å². The highest BCUT2D eigenvalue weighted by Crippen LogP contribution is 2.32. The second-order valence-electron chi connectivity index (χ2n) is 8.25. The number of amides is 1. The van der Waals surface area contributed by atoms with Gasteiger partial charge in [0.2, 0.25) is 4.34 Å². The SMILES string of the molecule is CC(C)c1cc(F)c(F)c(C(C)C)c1CC(=O)N=[S@@](N)(=O)c1nc(C(C)(C)O)cs1. The van der Waals surface area contributed by atoms with Crippen LogP contribution in [0, 0.1) is 11.6 Å². The van der Waals surface area contributed by atoms with E-state index in [-0.39, 0.29) is 33.9 Å². The Hall–Kier alpha value is -1.75. The summed E-state index contributed by atoms with van der Waals surface area (Å²) in [6, 6.07) is 1.09. The zero-order valence-corrected chi connectivity index (χ0v) is 19.5. The van der Waals surface area contributed by atoms with Crippen LogP contribution in [0.25, 0.3) is 0 Å². The molecule has 0 aliphatic rings. The molecule has 1 atom stereocenters. The number of halogens is 2. The minimum Gasteiger partial charge on any atom is -0.384 e. The molecule has 0 saturated carbocycles. The van der Waals surface area contributed by atoms with Crippen LogP contribution in [0.4, 0.5) is 8.78 Å². The van der Waals surface area contributed by atoms with Gasteiger partial charge in [-0.05, 0) is 48.4 Å². The molecule has 0 aliphatic carbocycles. The Kier molecular flexibility index (Phi) is 7.17. The Bertz CT molecular complexity index is 1080. The van der Waals surface area contributed by atoms with E-state index in [0.29, 0.717) is 11.1 Å². The molecule has 6 nitrogen and oxygen atoms in total. The van der Waals surface area contributed by atoms with Gasteiger partial charge in [0, 0.05) is 5.38 Å². The quantitative estimate of drug-likeness (QED) is 0.669. The lowest BCUT2D eigenvalue weighted by Crippen LogP contribution is -2.19. The minimum atomic E-state index is -3.65. The summed E-state index contributed by atoms with van der Waals surface area (Å²) in [6.45, 7) is 10.0. The van der Waals surface area contributed by atoms with Gasteiger partial charge in [-0.15, -0.1) is 15.7 Å². The maximum atomic E-state index is 14.5. The second kappa shape index (κ2) is 8.78. The Labute approximate surface area is 179 Å². The molecule has 166 valence electrons. The predicted molar refractivity (Wildman–Crippen MR) is 114 cm³/mol. The number of benzene rings is 1. The van der Waals surface area contributed by atoms with E-state index < -0.39 is 33.1 Å². The van der Waals surface area contributed by atoms with Crippen LogP contribution in [0.5, 0.6) is 0 Å². The average molecular weight is 460 g/mol. The van der Waals surface area contributed by atoms with Gasteiger partial charge in [-0.3, -0.25) is 4.79 Å². The van der Waals surface area contributed by atoms with Gasteiger partial charge < -0.3 is 5.11 Å². The lowest BCUT2D eigenvalue weighted by atomic mass is 9.86. The third-order valence-electron chi connectivity index (χ3n) is 4.53. The van der Waals surface area contributed by atoms with Gasteiger partial charge in [0.25, 0.3) is 5.91 Å². The molecule has 1 heterocycles. The van der Waals surface area contributed by atoms with Gasteiger partial charge in [0.1, 0.15) is 5.60 Å². The fourth-order valence-electron chi connectivity index (χ4n) is 3.06.